The minimum absolute atomic E-state index is 0.214. The van der Waals surface area contributed by atoms with Crippen molar-refractivity contribution in [2.45, 2.75) is 25.2 Å². The molecule has 5 rings (SSSR count). The van der Waals surface area contributed by atoms with Crippen LogP contribution >= 0.6 is 0 Å². The second-order valence-corrected chi connectivity index (χ2v) is 9.02. The van der Waals surface area contributed by atoms with Gasteiger partial charge in [-0.1, -0.05) is 84.9 Å². The van der Waals surface area contributed by atoms with E-state index in [2.05, 4.69) is 0 Å². The molecule has 0 saturated heterocycles. The number of hydrogen-bond acceptors (Lipinski definition) is 4. The molecule has 0 spiro atoms. The Morgan fingerprint density at radius 2 is 1.35 bits per heavy atom. The molecule has 6 nitrogen and oxygen atoms in total. The molecule has 186 valence electrons. The Labute approximate surface area is 215 Å². The number of aliphatic carboxylic acids is 1. The van der Waals surface area contributed by atoms with Crippen molar-refractivity contribution in [3.63, 3.8) is 0 Å². The molecule has 0 saturated carbocycles. The maximum absolute atomic E-state index is 13.2. The van der Waals surface area contributed by atoms with Crippen molar-refractivity contribution in [2.75, 3.05) is 7.05 Å². The van der Waals surface area contributed by atoms with Crippen LogP contribution in [0, 0.1) is 0 Å². The first-order valence-electron chi connectivity index (χ1n) is 12.1. The van der Waals surface area contributed by atoms with E-state index in [-0.39, 0.29) is 5.91 Å². The van der Waals surface area contributed by atoms with Crippen LogP contribution in [0.5, 0.6) is 11.5 Å². The lowest BCUT2D eigenvalue weighted by atomic mass is 9.80. The molecular weight excluding hydrogens is 466 g/mol. The van der Waals surface area contributed by atoms with Crippen molar-refractivity contribution in [1.82, 2.24) is 4.90 Å². The Kier molecular flexibility index (Phi) is 6.90. The van der Waals surface area contributed by atoms with Gasteiger partial charge in [0, 0.05) is 12.6 Å². The third-order valence-corrected chi connectivity index (χ3v) is 6.63. The van der Waals surface area contributed by atoms with Crippen molar-refractivity contribution < 1.29 is 24.2 Å². The number of fused-ring (bicyclic) bond motifs is 1. The summed E-state index contributed by atoms with van der Waals surface area (Å²) >= 11 is 0. The number of carboxylic acids is 1. The molecule has 4 aromatic rings. The zero-order valence-corrected chi connectivity index (χ0v) is 20.4. The highest BCUT2D eigenvalue weighted by Gasteiger charge is 2.42. The van der Waals surface area contributed by atoms with E-state index >= 15 is 0 Å². The van der Waals surface area contributed by atoms with E-state index < -0.39 is 17.9 Å². The van der Waals surface area contributed by atoms with Crippen LogP contribution in [0.15, 0.2) is 103 Å². The Hall–Kier alpha value is -4.58. The maximum atomic E-state index is 13.2. The lowest BCUT2D eigenvalue weighted by Gasteiger charge is -2.38. The van der Waals surface area contributed by atoms with Gasteiger partial charge in [0.15, 0.2) is 11.5 Å². The molecule has 1 amide bonds. The number of nitrogens with zero attached hydrogens (tertiary/aromatic N) is 1. The first-order valence-corrected chi connectivity index (χ1v) is 12.1. The van der Waals surface area contributed by atoms with Crippen LogP contribution in [0.25, 0.3) is 0 Å². The molecule has 1 aliphatic heterocycles. The zero-order chi connectivity index (χ0) is 25.8. The zero-order valence-electron chi connectivity index (χ0n) is 20.4. The van der Waals surface area contributed by atoms with E-state index in [4.69, 9.17) is 9.47 Å². The molecule has 0 bridgehead atoms. The average Bonchev–Trinajstić information content (AvgIpc) is 2.93. The molecule has 2 atom stereocenters. The molecule has 2 unspecified atom stereocenters. The lowest BCUT2D eigenvalue weighted by Crippen LogP contribution is -2.42. The smallest absolute Gasteiger partial charge is 0.313 e. The monoisotopic (exact) mass is 493 g/mol. The van der Waals surface area contributed by atoms with Crippen LogP contribution in [-0.4, -0.2) is 28.9 Å². The number of ether oxygens (including phenoxy) is 2. The Morgan fingerprint density at radius 3 is 1.97 bits per heavy atom. The highest BCUT2D eigenvalue weighted by atomic mass is 16.5. The van der Waals surface area contributed by atoms with Crippen molar-refractivity contribution in [2.24, 2.45) is 0 Å². The second-order valence-electron chi connectivity index (χ2n) is 9.02. The fourth-order valence-corrected chi connectivity index (χ4v) is 4.77. The number of rotatable bonds is 8. The van der Waals surface area contributed by atoms with Gasteiger partial charge in [-0.05, 0) is 40.5 Å². The van der Waals surface area contributed by atoms with Crippen LogP contribution in [0.2, 0.25) is 0 Å². The fraction of sp³-hybridized carbons (Fsp3) is 0.161. The molecule has 4 aromatic carbocycles. The minimum atomic E-state index is -0.993. The summed E-state index contributed by atoms with van der Waals surface area (Å²) in [6.07, 6.45) is 0. The average molecular weight is 494 g/mol. The Bertz CT molecular complexity index is 1400. The summed E-state index contributed by atoms with van der Waals surface area (Å²) in [6.45, 7) is 0.672. The molecule has 0 radical (unpaired) electrons. The topological polar surface area (TPSA) is 76.1 Å². The number of carbonyl (C=O) groups excluding carboxylic acids is 1. The normalized spacial score (nSPS) is 16.7. The van der Waals surface area contributed by atoms with Crippen LogP contribution < -0.4 is 9.47 Å². The highest BCUT2D eigenvalue weighted by molar-refractivity contribution is 6.00. The van der Waals surface area contributed by atoms with E-state index in [1.54, 1.807) is 43.4 Å². The summed E-state index contributed by atoms with van der Waals surface area (Å²) < 4.78 is 12.3. The molecule has 1 N–H and O–H groups in total. The first-order chi connectivity index (χ1) is 18.0. The number of hydrogen-bond donors (Lipinski definition) is 1. The number of carboxylic acid groups (broad SMARTS) is 1. The molecule has 1 aliphatic rings. The third kappa shape index (κ3) is 5.05. The number of amides is 1. The molecule has 0 aliphatic carbocycles. The third-order valence-electron chi connectivity index (χ3n) is 6.63. The van der Waals surface area contributed by atoms with Crippen LogP contribution in [0.3, 0.4) is 0 Å². The van der Waals surface area contributed by atoms with E-state index in [0.29, 0.717) is 41.4 Å². The largest absolute Gasteiger partial charge is 0.485 e. The van der Waals surface area contributed by atoms with E-state index in [0.717, 1.165) is 11.1 Å². The molecule has 1 heterocycles. The lowest BCUT2D eigenvalue weighted by molar-refractivity contribution is -0.140. The van der Waals surface area contributed by atoms with Gasteiger partial charge in [-0.15, -0.1) is 0 Å². The van der Waals surface area contributed by atoms with Crippen LogP contribution in [0.4, 0.5) is 0 Å². The summed E-state index contributed by atoms with van der Waals surface area (Å²) in [7, 11) is 1.64. The Morgan fingerprint density at radius 1 is 0.784 bits per heavy atom. The van der Waals surface area contributed by atoms with Crippen molar-refractivity contribution in [1.29, 1.82) is 0 Å². The summed E-state index contributed by atoms with van der Waals surface area (Å²) in [5.41, 5.74) is 3.59. The van der Waals surface area contributed by atoms with Gasteiger partial charge in [-0.3, -0.25) is 9.59 Å². The van der Waals surface area contributed by atoms with Crippen molar-refractivity contribution in [3.05, 3.63) is 131 Å². The quantitative estimate of drug-likeness (QED) is 0.334. The number of benzene rings is 4. The first kappa shape index (κ1) is 24.1. The summed E-state index contributed by atoms with van der Waals surface area (Å²) in [4.78, 5) is 27.2. The standard InChI is InChI=1S/C31H27NO5/c1-32-29(28(31(34)35)24-14-8-9-15-25(24)30(32)33)23-16-17-26(36-19-21-10-4-2-5-11-21)27(18-23)37-20-22-12-6-3-7-13-22/h2-18,28-29H,19-20H2,1H3,(H,34,35). The SMILES string of the molecule is CN1C(=O)c2ccccc2C(C(=O)O)C1c1ccc(OCc2ccccc2)c(OCc2ccccc2)c1. The van der Waals surface area contributed by atoms with Crippen molar-refractivity contribution in [3.8, 4) is 11.5 Å². The molecule has 0 fully saturated rings. The fourth-order valence-electron chi connectivity index (χ4n) is 4.77. The molecular formula is C31H27NO5. The summed E-state index contributed by atoms with van der Waals surface area (Å²) in [5, 5.41) is 10.2. The summed E-state index contributed by atoms with van der Waals surface area (Å²) in [6, 6.07) is 31.2. The van der Waals surface area contributed by atoms with Gasteiger partial charge in [-0.25, -0.2) is 0 Å². The van der Waals surface area contributed by atoms with Crippen LogP contribution in [0.1, 0.15) is 44.6 Å². The van der Waals surface area contributed by atoms with Gasteiger partial charge in [-0.2, -0.15) is 0 Å². The minimum Gasteiger partial charge on any atom is -0.485 e. The van der Waals surface area contributed by atoms with E-state index in [1.807, 2.05) is 66.7 Å². The van der Waals surface area contributed by atoms with Gasteiger partial charge in [0.2, 0.25) is 0 Å². The van der Waals surface area contributed by atoms with Crippen molar-refractivity contribution >= 4 is 11.9 Å². The van der Waals surface area contributed by atoms with E-state index in [9.17, 15) is 14.7 Å². The van der Waals surface area contributed by atoms with E-state index in [1.165, 1.54) is 4.90 Å². The highest BCUT2D eigenvalue weighted by Crippen LogP contribution is 2.44. The molecule has 37 heavy (non-hydrogen) atoms. The Balaban J connectivity index is 1.51. The maximum Gasteiger partial charge on any atom is 0.313 e. The predicted octanol–water partition coefficient (Wildman–Crippen LogP) is 5.84. The predicted molar refractivity (Wildman–Crippen MR) is 140 cm³/mol. The van der Waals surface area contributed by atoms with Gasteiger partial charge < -0.3 is 19.5 Å². The number of carbonyl (C=O) groups is 2. The van der Waals surface area contributed by atoms with Gasteiger partial charge in [0.05, 0.1) is 6.04 Å². The van der Waals surface area contributed by atoms with Gasteiger partial charge >= 0.3 is 5.97 Å². The molecule has 0 aromatic heterocycles. The number of likely N-dealkylation sites (N-methyl/N-ethyl adjacent to an activating group) is 1. The molecule has 6 heteroatoms. The van der Waals surface area contributed by atoms with Crippen LogP contribution in [-0.2, 0) is 18.0 Å². The van der Waals surface area contributed by atoms with Gasteiger partial charge in [0.25, 0.3) is 5.91 Å². The summed E-state index contributed by atoms with van der Waals surface area (Å²) in [5.74, 6) is -1.10. The van der Waals surface area contributed by atoms with Gasteiger partial charge in [0.1, 0.15) is 19.1 Å². The second kappa shape index (κ2) is 10.6.